The van der Waals surface area contributed by atoms with Gasteiger partial charge in [-0.2, -0.15) is 26.6 Å². The van der Waals surface area contributed by atoms with E-state index in [0.29, 0.717) is 11.0 Å². The zero-order valence-corrected chi connectivity index (χ0v) is 43.0. The van der Waals surface area contributed by atoms with E-state index in [1.807, 2.05) is 26.0 Å². The van der Waals surface area contributed by atoms with E-state index < -0.39 is 28.6 Å². The maximum Gasteiger partial charge on any atom is 0.534 e. The molecule has 0 spiro atoms. The third-order valence-electron chi connectivity index (χ3n) is 12.0. The van der Waals surface area contributed by atoms with Gasteiger partial charge in [0.2, 0.25) is 0 Å². The van der Waals surface area contributed by atoms with Crippen LogP contribution in [0.1, 0.15) is 93.5 Å². The molecule has 2 N–H and O–H groups in total. The van der Waals surface area contributed by atoms with E-state index in [1.54, 1.807) is 44.6 Å². The number of benzene rings is 4. The molecule has 372 valence electrons. The summed E-state index contributed by atoms with van der Waals surface area (Å²) in [6.07, 6.45) is 16.7. The van der Waals surface area contributed by atoms with Crippen molar-refractivity contribution >= 4 is 41.8 Å². The highest BCUT2D eigenvalue weighted by Gasteiger charge is 2.49. The predicted molar refractivity (Wildman–Crippen MR) is 281 cm³/mol. The third-order valence-corrected chi connectivity index (χ3v) is 16.6. The van der Waals surface area contributed by atoms with Crippen LogP contribution in [0.25, 0.3) is 22.4 Å². The number of hydrogen-bond donors (Lipinski definition) is 2. The summed E-state index contributed by atoms with van der Waals surface area (Å²) >= 11 is 0. The van der Waals surface area contributed by atoms with Gasteiger partial charge in [-0.05, 0) is 124 Å². The van der Waals surface area contributed by atoms with Crippen molar-refractivity contribution in [1.82, 2.24) is 4.98 Å². The second-order valence-electron chi connectivity index (χ2n) is 17.8. The zero-order valence-electron chi connectivity index (χ0n) is 41.3. The smallest absolute Gasteiger partial charge is 0.496 e. The molecule has 1 aromatic heterocycles. The largest absolute Gasteiger partial charge is 0.534 e. The summed E-state index contributed by atoms with van der Waals surface area (Å²) in [4.78, 5) is 7.97. The van der Waals surface area contributed by atoms with Crippen LogP contribution in [0.4, 0.5) is 13.2 Å². The topological polar surface area (TPSA) is 128 Å². The number of dihydropyridines is 1. The maximum absolute atomic E-state index is 12.0. The number of nitrogens with zero attached hydrogens (tertiary/aromatic N) is 2. The summed E-state index contributed by atoms with van der Waals surface area (Å²) in [6.45, 7) is 13.1. The number of ether oxygens (including phenoxy) is 2. The van der Waals surface area contributed by atoms with Gasteiger partial charge in [0.05, 0.1) is 43.5 Å². The van der Waals surface area contributed by atoms with Gasteiger partial charge in [-0.1, -0.05) is 130 Å². The Kier molecular flexibility index (Phi) is 20.8. The van der Waals surface area contributed by atoms with E-state index in [2.05, 4.69) is 107 Å². The lowest BCUT2D eigenvalue weighted by molar-refractivity contribution is -0.0504. The number of allylic oxidation sites excluding steroid dienone is 1. The lowest BCUT2D eigenvalue weighted by Crippen LogP contribution is -2.29. The number of hydrogen-bond acceptors (Lipinski definition) is 9. The molecule has 15 heteroatoms. The van der Waals surface area contributed by atoms with Gasteiger partial charge in [-0.15, -0.1) is 0 Å². The van der Waals surface area contributed by atoms with Crippen LogP contribution in [-0.4, -0.2) is 67.5 Å². The monoisotopic (exact) mass is 997 g/mol. The number of aliphatic imine (C=N–C) groups is 1. The molecule has 2 saturated carbocycles. The number of halogens is 3. The lowest BCUT2D eigenvalue weighted by atomic mass is 9.80. The summed E-state index contributed by atoms with van der Waals surface area (Å²) in [5.74, 6) is 1.18. The van der Waals surface area contributed by atoms with Gasteiger partial charge >= 0.3 is 22.7 Å². The molecule has 0 amide bonds. The van der Waals surface area contributed by atoms with E-state index in [0.717, 1.165) is 51.4 Å². The van der Waals surface area contributed by atoms with Gasteiger partial charge in [-0.25, -0.2) is 0 Å². The van der Waals surface area contributed by atoms with Gasteiger partial charge in [-0.3, -0.25) is 4.98 Å². The normalized spacial score (nSPS) is 15.3. The predicted octanol–water partition coefficient (Wildman–Crippen LogP) is 12.4. The standard InChI is InChI=1S/C26H35O2P.C14H15N.C8H7F3NO3S.C7H9BO2/c1-27-23-17-11-18-24(28-2)26(23)22-16-9-10-19-25(22)29(20-12-5-3-6-13-20)21-14-7-4-8-15-21;1-10-5-4-6-13(8-10)14-9-11(2)7-12(3)15-14;1-5-3-6(2)12-7(4-5)15-16(13,14)8(9,10)11;1-6-3-2-4-7(5-6)8(9)10/h9-11,16-21H,3-8,12-15H2,1-2H3;4-9H,1-3H3;3-4H,2H2,1H3;2-5,9-10H,1H3/q;;+1;. The Hall–Kier alpha value is -5.40. The average molecular weight is 998 g/mol. The molecule has 4 aromatic carbocycles. The summed E-state index contributed by atoms with van der Waals surface area (Å²) in [6, 6.07) is 35.1. The fourth-order valence-corrected chi connectivity index (χ4v) is 13.3. The molecular formula is C55H66BF3N2O7PS+. The fourth-order valence-electron chi connectivity index (χ4n) is 8.97. The third kappa shape index (κ3) is 16.1. The van der Waals surface area contributed by atoms with Gasteiger partial charge in [0.15, 0.2) is 5.70 Å². The van der Waals surface area contributed by atoms with Crippen LogP contribution in [0.5, 0.6) is 11.5 Å². The molecule has 1 aliphatic heterocycles. The average Bonchev–Trinajstić information content (AvgIpc) is 3.32. The van der Waals surface area contributed by atoms with Crippen LogP contribution in [0, 0.1) is 34.1 Å². The van der Waals surface area contributed by atoms with Gasteiger partial charge < -0.3 is 23.7 Å². The second kappa shape index (κ2) is 26.2. The van der Waals surface area contributed by atoms with E-state index in [1.165, 1.54) is 92.9 Å². The molecule has 2 aliphatic carbocycles. The molecular weight excluding hydrogens is 931 g/mol. The molecule has 9 nitrogen and oxygen atoms in total. The van der Waals surface area contributed by atoms with Gasteiger partial charge in [0.1, 0.15) is 11.5 Å². The number of aromatic nitrogens is 1. The SMILES string of the molecule is C=C1[CH+]C(C)=CC(OS(=O)(=O)C(F)(F)F)=N1.COc1cccc(OC)c1-c1ccccc1P(C1CCCCC1)C1CCCCC1.Cc1cccc(-c2cc(C)cc(C)n2)c1.Cc1cccc(B(O)O)c1. The Balaban J connectivity index is 0.000000189. The van der Waals surface area contributed by atoms with Crippen molar-refractivity contribution in [3.8, 4) is 33.9 Å². The van der Waals surface area contributed by atoms with E-state index in [-0.39, 0.29) is 13.6 Å². The molecule has 70 heavy (non-hydrogen) atoms. The maximum atomic E-state index is 12.0. The minimum atomic E-state index is -5.67. The molecule has 0 radical (unpaired) electrons. The highest BCUT2D eigenvalue weighted by Crippen LogP contribution is 2.57. The second-order valence-corrected chi connectivity index (χ2v) is 22.1. The Morgan fingerprint density at radius 1 is 0.714 bits per heavy atom. The molecule has 3 aliphatic rings. The van der Waals surface area contributed by atoms with Crippen molar-refractivity contribution in [2.24, 2.45) is 4.99 Å². The van der Waals surface area contributed by atoms with Crippen LogP contribution in [-0.2, 0) is 14.3 Å². The lowest BCUT2D eigenvalue weighted by Gasteiger charge is -2.39. The molecule has 2 heterocycles. The first kappa shape index (κ1) is 55.5. The van der Waals surface area contributed by atoms with Crippen LogP contribution in [0.2, 0.25) is 0 Å². The first-order valence-corrected chi connectivity index (χ1v) is 26.5. The van der Waals surface area contributed by atoms with Gasteiger partial charge in [0.25, 0.3) is 5.90 Å². The Morgan fingerprint density at radius 3 is 1.77 bits per heavy atom. The number of rotatable bonds is 9. The van der Waals surface area contributed by atoms with Crippen molar-refractivity contribution in [2.75, 3.05) is 14.2 Å². The molecule has 0 unspecified atom stereocenters. The summed E-state index contributed by atoms with van der Waals surface area (Å²) in [5, 5.41) is 19.0. The van der Waals surface area contributed by atoms with Crippen molar-refractivity contribution in [3.05, 3.63) is 156 Å². The molecule has 5 aromatic rings. The van der Waals surface area contributed by atoms with Crippen LogP contribution < -0.4 is 20.2 Å². The highest BCUT2D eigenvalue weighted by molar-refractivity contribution is 7.88. The van der Waals surface area contributed by atoms with E-state index in [9.17, 15) is 21.6 Å². The minimum Gasteiger partial charge on any atom is -0.496 e. The first-order valence-electron chi connectivity index (χ1n) is 23.6. The van der Waals surface area contributed by atoms with Crippen LogP contribution in [0.3, 0.4) is 0 Å². The fraction of sp³-hybridized carbons (Fsp3) is 0.364. The van der Waals surface area contributed by atoms with Crippen LogP contribution >= 0.6 is 7.92 Å². The van der Waals surface area contributed by atoms with Crippen molar-refractivity contribution in [3.63, 3.8) is 0 Å². The van der Waals surface area contributed by atoms with Crippen molar-refractivity contribution in [2.45, 2.75) is 116 Å². The Morgan fingerprint density at radius 2 is 1.27 bits per heavy atom. The number of alkyl halides is 3. The van der Waals surface area contributed by atoms with Crippen molar-refractivity contribution in [1.29, 1.82) is 0 Å². The first-order chi connectivity index (χ1) is 33.3. The number of aryl methyl sites for hydroxylation is 4. The Labute approximate surface area is 415 Å². The van der Waals surface area contributed by atoms with E-state index >= 15 is 0 Å². The quantitative estimate of drug-likeness (QED) is 0.0491. The summed E-state index contributed by atoms with van der Waals surface area (Å²) < 4.78 is 72.6. The highest BCUT2D eigenvalue weighted by atomic mass is 32.2. The van der Waals surface area contributed by atoms with Gasteiger partial charge in [0, 0.05) is 17.8 Å². The summed E-state index contributed by atoms with van der Waals surface area (Å²) in [5.41, 5.74) is 6.81. The molecule has 8 rings (SSSR count). The molecule has 0 saturated heterocycles. The zero-order chi connectivity index (χ0) is 51.0. The number of methoxy groups -OCH3 is 2. The molecule has 0 atom stereocenters. The van der Waals surface area contributed by atoms with E-state index in [4.69, 9.17) is 19.5 Å². The van der Waals surface area contributed by atoms with Crippen LogP contribution in [0.15, 0.2) is 132 Å². The Bertz CT molecular complexity index is 2640. The number of pyridine rings is 1. The summed E-state index contributed by atoms with van der Waals surface area (Å²) in [7, 11) is -3.66. The molecule has 2 fully saturated rings. The van der Waals surface area contributed by atoms with Crippen molar-refractivity contribution < 1.29 is 45.3 Å². The minimum absolute atomic E-state index is 0.118. The molecule has 0 bridgehead atoms.